The Hall–Kier alpha value is -1.76. The van der Waals surface area contributed by atoms with Gasteiger partial charge in [-0.3, -0.25) is 10.1 Å². The monoisotopic (exact) mass is 302 g/mol. The van der Waals surface area contributed by atoms with Gasteiger partial charge in [0.25, 0.3) is 0 Å². The molecule has 2 rings (SSSR count). The maximum Gasteiger partial charge on any atom is 0.406 e. The van der Waals surface area contributed by atoms with Gasteiger partial charge in [-0.2, -0.15) is 13.2 Å². The molecule has 0 bridgehead atoms. The number of carbonyl (C=O) groups excluding carboxylic acids is 1. The minimum absolute atomic E-state index is 0.511. The van der Waals surface area contributed by atoms with Gasteiger partial charge in [0.15, 0.2) is 0 Å². The summed E-state index contributed by atoms with van der Waals surface area (Å²) >= 11 is 0. The van der Waals surface area contributed by atoms with Crippen LogP contribution in [0.25, 0.3) is 0 Å². The summed E-state index contributed by atoms with van der Waals surface area (Å²) in [6, 6.07) is 6.05. The number of nitrogens with one attached hydrogen (secondary N) is 1. The highest BCUT2D eigenvalue weighted by atomic mass is 19.4. The van der Waals surface area contributed by atoms with Gasteiger partial charge in [0.05, 0.1) is 12.6 Å². The fraction of sp³-hybridized carbons (Fsp3) is 0.500. The summed E-state index contributed by atoms with van der Waals surface area (Å²) in [5, 5.41) is 2.88. The van der Waals surface area contributed by atoms with Crippen molar-refractivity contribution in [3.05, 3.63) is 29.8 Å². The fourth-order valence-electron chi connectivity index (χ4n) is 2.33. The molecular formula is C14H17F3N2O2. The predicted octanol–water partition coefficient (Wildman–Crippen LogP) is 2.47. The highest BCUT2D eigenvalue weighted by molar-refractivity contribution is 5.84. The molecule has 21 heavy (non-hydrogen) atoms. The van der Waals surface area contributed by atoms with Crippen LogP contribution in [0.4, 0.5) is 13.2 Å². The zero-order valence-electron chi connectivity index (χ0n) is 11.8. The first kappa shape index (κ1) is 15.6. The van der Waals surface area contributed by atoms with E-state index in [-0.39, 0.29) is 0 Å². The van der Waals surface area contributed by atoms with Crippen molar-refractivity contribution in [2.75, 3.05) is 13.2 Å². The van der Waals surface area contributed by atoms with Crippen LogP contribution in [0.2, 0.25) is 0 Å². The average Bonchev–Trinajstić information content (AvgIpc) is 2.67. The third kappa shape index (κ3) is 3.66. The molecule has 1 aliphatic rings. The van der Waals surface area contributed by atoms with E-state index in [9.17, 15) is 18.0 Å². The lowest BCUT2D eigenvalue weighted by Gasteiger charge is -2.25. The highest BCUT2D eigenvalue weighted by Gasteiger charge is 2.43. The minimum atomic E-state index is -4.43. The second-order valence-corrected chi connectivity index (χ2v) is 4.87. The van der Waals surface area contributed by atoms with Crippen molar-refractivity contribution in [2.45, 2.75) is 32.2 Å². The van der Waals surface area contributed by atoms with Gasteiger partial charge in [0.1, 0.15) is 18.5 Å². The van der Waals surface area contributed by atoms with Crippen LogP contribution < -0.4 is 10.1 Å². The number of hydrogen-bond donors (Lipinski definition) is 1. The van der Waals surface area contributed by atoms with E-state index in [1.807, 2.05) is 6.92 Å². The van der Waals surface area contributed by atoms with Gasteiger partial charge in [0, 0.05) is 0 Å². The normalized spacial score (nSPS) is 22.7. The van der Waals surface area contributed by atoms with Gasteiger partial charge >= 0.3 is 6.18 Å². The largest absolute Gasteiger partial charge is 0.494 e. The number of rotatable bonds is 4. The van der Waals surface area contributed by atoms with E-state index < -0.39 is 30.8 Å². The molecule has 1 aliphatic heterocycles. The second-order valence-electron chi connectivity index (χ2n) is 4.87. The second kappa shape index (κ2) is 5.93. The van der Waals surface area contributed by atoms with Crippen molar-refractivity contribution < 1.29 is 22.7 Å². The Labute approximate surface area is 120 Å². The van der Waals surface area contributed by atoms with Crippen molar-refractivity contribution in [3.8, 4) is 5.75 Å². The van der Waals surface area contributed by atoms with Crippen LogP contribution >= 0.6 is 0 Å². The van der Waals surface area contributed by atoms with Gasteiger partial charge in [-0.15, -0.1) is 0 Å². The molecule has 1 aromatic rings. The van der Waals surface area contributed by atoms with Crippen LogP contribution in [-0.2, 0) is 4.79 Å². The summed E-state index contributed by atoms with van der Waals surface area (Å²) in [7, 11) is 0. The first-order chi connectivity index (χ1) is 9.81. The molecule has 0 spiro atoms. The SMILES string of the molecule is CCOc1ccc(C2NC(C)C(=O)N2CC(F)(F)F)cc1. The Morgan fingerprint density at radius 3 is 2.43 bits per heavy atom. The number of carbonyl (C=O) groups is 1. The number of alkyl halides is 3. The van der Waals surface area contributed by atoms with Crippen molar-refractivity contribution in [1.29, 1.82) is 0 Å². The van der Waals surface area contributed by atoms with Crippen LogP contribution in [-0.4, -0.2) is 36.2 Å². The summed E-state index contributed by atoms with van der Waals surface area (Å²) in [6.45, 7) is 2.65. The Morgan fingerprint density at radius 2 is 1.90 bits per heavy atom. The van der Waals surface area contributed by atoms with Crippen LogP contribution in [0.5, 0.6) is 5.75 Å². The number of nitrogens with zero attached hydrogens (tertiary/aromatic N) is 1. The Kier molecular flexibility index (Phi) is 4.41. The van der Waals surface area contributed by atoms with Gasteiger partial charge in [-0.25, -0.2) is 0 Å². The van der Waals surface area contributed by atoms with Crippen molar-refractivity contribution in [2.24, 2.45) is 0 Å². The summed E-state index contributed by atoms with van der Waals surface area (Å²) < 4.78 is 43.2. The Balaban J connectivity index is 2.21. The van der Waals surface area contributed by atoms with E-state index in [0.717, 1.165) is 4.90 Å². The summed E-state index contributed by atoms with van der Waals surface area (Å²) in [5.41, 5.74) is 0.598. The van der Waals surface area contributed by atoms with E-state index in [1.54, 1.807) is 31.2 Å². The highest BCUT2D eigenvalue weighted by Crippen LogP contribution is 2.30. The third-order valence-electron chi connectivity index (χ3n) is 3.23. The van der Waals surface area contributed by atoms with E-state index in [2.05, 4.69) is 5.32 Å². The summed E-state index contributed by atoms with van der Waals surface area (Å²) in [6.07, 6.45) is -5.20. The topological polar surface area (TPSA) is 41.6 Å². The molecule has 1 fully saturated rings. The summed E-state index contributed by atoms with van der Waals surface area (Å²) in [4.78, 5) is 12.7. The molecule has 0 aliphatic carbocycles. The van der Waals surface area contributed by atoms with E-state index >= 15 is 0 Å². The minimum Gasteiger partial charge on any atom is -0.494 e. The van der Waals surface area contributed by atoms with E-state index in [1.165, 1.54) is 0 Å². The van der Waals surface area contributed by atoms with Crippen LogP contribution in [0.3, 0.4) is 0 Å². The number of ether oxygens (including phenoxy) is 1. The van der Waals surface area contributed by atoms with E-state index in [4.69, 9.17) is 4.74 Å². The molecule has 0 radical (unpaired) electrons. The number of hydrogen-bond acceptors (Lipinski definition) is 3. The molecule has 2 atom stereocenters. The first-order valence-corrected chi connectivity index (χ1v) is 6.68. The molecule has 1 amide bonds. The molecule has 0 aromatic heterocycles. The quantitative estimate of drug-likeness (QED) is 0.929. The molecule has 116 valence electrons. The lowest BCUT2D eigenvalue weighted by atomic mass is 10.1. The lowest BCUT2D eigenvalue weighted by molar-refractivity contribution is -0.161. The molecule has 1 heterocycles. The molecule has 1 N–H and O–H groups in total. The Morgan fingerprint density at radius 1 is 1.29 bits per heavy atom. The van der Waals surface area contributed by atoms with Crippen molar-refractivity contribution in [1.82, 2.24) is 10.2 Å². The fourth-order valence-corrected chi connectivity index (χ4v) is 2.33. The van der Waals surface area contributed by atoms with E-state index in [0.29, 0.717) is 17.9 Å². The molecule has 0 saturated carbocycles. The maximum atomic E-state index is 12.6. The number of amides is 1. The number of halogens is 3. The smallest absolute Gasteiger partial charge is 0.406 e. The van der Waals surface area contributed by atoms with Crippen LogP contribution in [0, 0.1) is 0 Å². The number of benzene rings is 1. The first-order valence-electron chi connectivity index (χ1n) is 6.68. The standard InChI is InChI=1S/C14H17F3N2O2/c1-3-21-11-6-4-10(5-7-11)12-18-9(2)13(20)19(12)8-14(15,16)17/h4-7,9,12,18H,3,8H2,1-2H3. The van der Waals surface area contributed by atoms with Crippen LogP contribution in [0.15, 0.2) is 24.3 Å². The van der Waals surface area contributed by atoms with Crippen molar-refractivity contribution in [3.63, 3.8) is 0 Å². The zero-order valence-corrected chi connectivity index (χ0v) is 11.8. The molecule has 1 aromatic carbocycles. The molecule has 4 nitrogen and oxygen atoms in total. The molecular weight excluding hydrogens is 285 g/mol. The maximum absolute atomic E-state index is 12.6. The third-order valence-corrected chi connectivity index (χ3v) is 3.23. The Bertz CT molecular complexity index is 502. The molecule has 1 saturated heterocycles. The predicted molar refractivity (Wildman–Crippen MR) is 70.7 cm³/mol. The van der Waals surface area contributed by atoms with Crippen molar-refractivity contribution >= 4 is 5.91 Å². The van der Waals surface area contributed by atoms with Gasteiger partial charge in [-0.05, 0) is 31.5 Å². The van der Waals surface area contributed by atoms with Gasteiger partial charge < -0.3 is 9.64 Å². The molecule has 7 heteroatoms. The average molecular weight is 302 g/mol. The molecule has 2 unspecified atom stereocenters. The van der Waals surface area contributed by atoms with Crippen LogP contribution in [0.1, 0.15) is 25.6 Å². The lowest BCUT2D eigenvalue weighted by Crippen LogP contribution is -2.38. The van der Waals surface area contributed by atoms with Gasteiger partial charge in [0.2, 0.25) is 5.91 Å². The zero-order chi connectivity index (χ0) is 15.6. The van der Waals surface area contributed by atoms with Gasteiger partial charge in [-0.1, -0.05) is 12.1 Å². The summed E-state index contributed by atoms with van der Waals surface area (Å²) in [5.74, 6) is 0.0900.